The summed E-state index contributed by atoms with van der Waals surface area (Å²) in [4.78, 5) is 3.18. The fourth-order valence-electron chi connectivity index (χ4n) is 1.02. The van der Waals surface area contributed by atoms with Crippen LogP contribution in [0.3, 0.4) is 0 Å². The molecular weight excluding hydrogens is 317 g/mol. The molecule has 1 aromatic rings. The van der Waals surface area contributed by atoms with Crippen molar-refractivity contribution in [3.8, 4) is 5.75 Å². The Balaban J connectivity index is 3.27. The number of aromatic nitrogens is 1. The summed E-state index contributed by atoms with van der Waals surface area (Å²) < 4.78 is 64.0. The monoisotopic (exact) mass is 321 g/mol. The summed E-state index contributed by atoms with van der Waals surface area (Å²) in [5.41, 5.74) is -1.37. The molecule has 3 nitrogen and oxygen atoms in total. The maximum atomic E-state index is 12.5. The molecule has 0 aliphatic rings. The highest BCUT2D eigenvalue weighted by Gasteiger charge is 2.35. The molecule has 0 unspecified atom stereocenters. The van der Waals surface area contributed by atoms with Gasteiger partial charge in [0.1, 0.15) is 0 Å². The van der Waals surface area contributed by atoms with Crippen LogP contribution in [0.1, 0.15) is 17.8 Å². The van der Waals surface area contributed by atoms with Crippen molar-refractivity contribution in [1.29, 1.82) is 0 Å². The number of rotatable bonds is 3. The van der Waals surface area contributed by atoms with Gasteiger partial charge in [-0.05, 0) is 22.0 Å². The molecule has 1 N–H and O–H groups in total. The third-order valence-electron chi connectivity index (χ3n) is 1.59. The van der Waals surface area contributed by atoms with Crippen LogP contribution in [0, 0.1) is 0 Å². The molecule has 0 fully saturated rings. The Morgan fingerprint density at radius 2 is 2.00 bits per heavy atom. The lowest BCUT2D eigenvalue weighted by atomic mass is 10.3. The maximum Gasteiger partial charge on any atom is 0.573 e. The van der Waals surface area contributed by atoms with E-state index >= 15 is 0 Å². The molecule has 1 heterocycles. The summed E-state index contributed by atoms with van der Waals surface area (Å²) in [5.74, 6) is -1.11. The molecule has 1 rings (SSSR count). The topological polar surface area (TPSA) is 42.4 Å². The zero-order valence-electron chi connectivity index (χ0n) is 7.93. The van der Waals surface area contributed by atoms with Crippen molar-refractivity contribution in [3.05, 3.63) is 21.9 Å². The minimum atomic E-state index is -5.10. The minimum Gasteiger partial charge on any atom is -0.402 e. The number of hydrogen-bond donors (Lipinski definition) is 1. The molecule has 0 saturated carbocycles. The second-order valence-corrected chi connectivity index (χ2v) is 3.67. The molecule has 0 radical (unpaired) electrons. The number of aliphatic hydroxyl groups excluding tert-OH is 1. The first-order chi connectivity index (χ1) is 7.74. The van der Waals surface area contributed by atoms with Crippen molar-refractivity contribution in [2.75, 3.05) is 0 Å². The van der Waals surface area contributed by atoms with E-state index in [-0.39, 0.29) is 10.2 Å². The summed E-state index contributed by atoms with van der Waals surface area (Å²) in [6, 6.07) is 0.965. The molecule has 1 aromatic heterocycles. The van der Waals surface area contributed by atoms with Gasteiger partial charge in [0.05, 0.1) is 16.8 Å². The van der Waals surface area contributed by atoms with Gasteiger partial charge in [0, 0.05) is 0 Å². The molecule has 0 aromatic carbocycles. The fraction of sp³-hybridized carbons (Fsp3) is 0.375. The standard InChI is InChI=1S/C8H5BrF5NO2/c9-4-1-3(2-16)15-5(7(10)11)6(4)17-8(12,13)14/h1,7,16H,2H2. The first kappa shape index (κ1) is 14.1. The minimum absolute atomic E-state index is 0.193. The Hall–Kier alpha value is -0.960. The second kappa shape index (κ2) is 5.13. The van der Waals surface area contributed by atoms with Crippen molar-refractivity contribution < 1.29 is 31.8 Å². The second-order valence-electron chi connectivity index (χ2n) is 2.82. The largest absolute Gasteiger partial charge is 0.573 e. The molecule has 96 valence electrons. The molecule has 0 amide bonds. The lowest BCUT2D eigenvalue weighted by Gasteiger charge is -2.14. The summed E-state index contributed by atoms with van der Waals surface area (Å²) in [6.45, 7) is -0.676. The van der Waals surface area contributed by atoms with Crippen molar-refractivity contribution in [1.82, 2.24) is 4.98 Å². The number of halogens is 6. The molecular formula is C8H5BrF5NO2. The average molecular weight is 322 g/mol. The van der Waals surface area contributed by atoms with Crippen LogP contribution in [0.15, 0.2) is 10.5 Å². The van der Waals surface area contributed by atoms with E-state index in [0.29, 0.717) is 0 Å². The number of alkyl halides is 5. The third-order valence-corrected chi connectivity index (χ3v) is 2.18. The highest BCUT2D eigenvalue weighted by atomic mass is 79.9. The van der Waals surface area contributed by atoms with E-state index in [1.165, 1.54) is 0 Å². The van der Waals surface area contributed by atoms with Crippen LogP contribution in [0.25, 0.3) is 0 Å². The quantitative estimate of drug-likeness (QED) is 0.869. The predicted octanol–water partition coefficient (Wildman–Crippen LogP) is 3.17. The first-order valence-electron chi connectivity index (χ1n) is 4.08. The number of pyridine rings is 1. The van der Waals surface area contributed by atoms with Crippen LogP contribution in [-0.2, 0) is 6.61 Å². The van der Waals surface area contributed by atoms with E-state index in [9.17, 15) is 22.0 Å². The van der Waals surface area contributed by atoms with Crippen LogP contribution < -0.4 is 4.74 Å². The van der Waals surface area contributed by atoms with Gasteiger partial charge in [-0.2, -0.15) is 0 Å². The molecule has 0 bridgehead atoms. The van der Waals surface area contributed by atoms with E-state index in [1.54, 1.807) is 0 Å². The van der Waals surface area contributed by atoms with Crippen molar-refractivity contribution in [2.45, 2.75) is 19.4 Å². The highest BCUT2D eigenvalue weighted by Crippen LogP contribution is 2.37. The molecule has 0 spiro atoms. The average Bonchev–Trinajstić information content (AvgIpc) is 2.18. The van der Waals surface area contributed by atoms with Gasteiger partial charge in [0.15, 0.2) is 11.4 Å². The van der Waals surface area contributed by atoms with Gasteiger partial charge in [-0.1, -0.05) is 0 Å². The Kier molecular flexibility index (Phi) is 4.26. The zero-order valence-corrected chi connectivity index (χ0v) is 9.52. The molecule has 17 heavy (non-hydrogen) atoms. The Morgan fingerprint density at radius 1 is 1.41 bits per heavy atom. The fourth-order valence-corrected chi connectivity index (χ4v) is 1.57. The van der Waals surface area contributed by atoms with Gasteiger partial charge in [-0.3, -0.25) is 0 Å². The van der Waals surface area contributed by atoms with Crippen LogP contribution in [0.5, 0.6) is 5.75 Å². The van der Waals surface area contributed by atoms with Gasteiger partial charge < -0.3 is 9.84 Å². The molecule has 0 aliphatic heterocycles. The summed E-state index contributed by atoms with van der Waals surface area (Å²) in [6.07, 6.45) is -8.36. The first-order valence-corrected chi connectivity index (χ1v) is 4.88. The van der Waals surface area contributed by atoms with Gasteiger partial charge in [0.2, 0.25) is 0 Å². The lowest BCUT2D eigenvalue weighted by Crippen LogP contribution is -2.19. The van der Waals surface area contributed by atoms with E-state index in [0.717, 1.165) is 6.07 Å². The molecule has 0 atom stereocenters. The summed E-state index contributed by atoms with van der Waals surface area (Å²) in [7, 11) is 0. The van der Waals surface area contributed by atoms with Gasteiger partial charge in [-0.15, -0.1) is 13.2 Å². The zero-order chi connectivity index (χ0) is 13.2. The number of aliphatic hydroxyl groups is 1. The SMILES string of the molecule is OCc1cc(Br)c(OC(F)(F)F)c(C(F)F)n1. The van der Waals surface area contributed by atoms with Crippen LogP contribution in [-0.4, -0.2) is 16.5 Å². The van der Waals surface area contributed by atoms with Crippen LogP contribution in [0.2, 0.25) is 0 Å². The molecule has 0 aliphatic carbocycles. The predicted molar refractivity (Wildman–Crippen MR) is 49.5 cm³/mol. The normalized spacial score (nSPS) is 12.0. The smallest absolute Gasteiger partial charge is 0.402 e. The third kappa shape index (κ3) is 3.77. The molecule has 0 saturated heterocycles. The molecule has 9 heteroatoms. The maximum absolute atomic E-state index is 12.5. The van der Waals surface area contributed by atoms with Crippen LogP contribution in [0.4, 0.5) is 22.0 Å². The van der Waals surface area contributed by atoms with Crippen LogP contribution >= 0.6 is 15.9 Å². The number of ether oxygens (including phenoxy) is 1. The Labute approximate surface area is 100 Å². The van der Waals surface area contributed by atoms with Gasteiger partial charge in [0.25, 0.3) is 6.43 Å². The van der Waals surface area contributed by atoms with Gasteiger partial charge >= 0.3 is 6.36 Å². The Morgan fingerprint density at radius 3 is 2.41 bits per heavy atom. The van der Waals surface area contributed by atoms with E-state index in [4.69, 9.17) is 5.11 Å². The number of hydrogen-bond acceptors (Lipinski definition) is 3. The summed E-state index contributed by atoms with van der Waals surface area (Å²) >= 11 is 2.65. The van der Waals surface area contributed by atoms with Gasteiger partial charge in [-0.25, -0.2) is 13.8 Å². The van der Waals surface area contributed by atoms with Crippen molar-refractivity contribution in [2.24, 2.45) is 0 Å². The summed E-state index contributed by atoms with van der Waals surface area (Å²) in [5, 5.41) is 8.70. The lowest BCUT2D eigenvalue weighted by molar-refractivity contribution is -0.275. The van der Waals surface area contributed by atoms with Crippen molar-refractivity contribution >= 4 is 15.9 Å². The highest BCUT2D eigenvalue weighted by molar-refractivity contribution is 9.10. The van der Waals surface area contributed by atoms with Crippen molar-refractivity contribution in [3.63, 3.8) is 0 Å². The number of nitrogens with zero attached hydrogens (tertiary/aromatic N) is 1. The Bertz CT molecular complexity index is 410. The van der Waals surface area contributed by atoms with E-state index in [1.807, 2.05) is 0 Å². The van der Waals surface area contributed by atoms with E-state index in [2.05, 4.69) is 25.7 Å². The van der Waals surface area contributed by atoms with E-state index < -0.39 is 30.8 Å².